The second-order valence-corrected chi connectivity index (χ2v) is 5.79. The van der Waals surface area contributed by atoms with Gasteiger partial charge in [-0.2, -0.15) is 0 Å². The number of fused-ring (bicyclic) bond motifs is 1. The first-order chi connectivity index (χ1) is 12.3. The van der Waals surface area contributed by atoms with Crippen LogP contribution < -0.4 is 5.56 Å². The van der Waals surface area contributed by atoms with Crippen molar-refractivity contribution in [3.8, 4) is 22.5 Å². The summed E-state index contributed by atoms with van der Waals surface area (Å²) in [5, 5.41) is 10.2. The normalized spacial score (nSPS) is 10.9. The number of aromatic amines is 1. The van der Waals surface area contributed by atoms with Gasteiger partial charge >= 0.3 is 0 Å². The predicted molar refractivity (Wildman–Crippen MR) is 99.2 cm³/mol. The molecule has 25 heavy (non-hydrogen) atoms. The Kier molecular flexibility index (Phi) is 3.88. The van der Waals surface area contributed by atoms with Crippen LogP contribution in [0.15, 0.2) is 77.6 Å². The highest BCUT2D eigenvalue weighted by Crippen LogP contribution is 2.32. The third-order valence-electron chi connectivity index (χ3n) is 4.27. The summed E-state index contributed by atoms with van der Waals surface area (Å²) in [5.41, 5.74) is 4.00. The van der Waals surface area contributed by atoms with Crippen LogP contribution in [0.4, 0.5) is 0 Å². The zero-order chi connectivity index (χ0) is 17.2. The molecule has 0 aliphatic carbocycles. The molecule has 0 amide bonds. The van der Waals surface area contributed by atoms with Crippen molar-refractivity contribution in [2.45, 2.75) is 6.61 Å². The van der Waals surface area contributed by atoms with Gasteiger partial charge in [-0.05, 0) is 28.8 Å². The summed E-state index contributed by atoms with van der Waals surface area (Å²) in [5.74, 6) is 0.520. The first kappa shape index (κ1) is 15.3. The number of hydrogen-bond acceptors (Lipinski definition) is 3. The van der Waals surface area contributed by atoms with Crippen LogP contribution in [-0.2, 0) is 6.61 Å². The number of aliphatic hydroxyl groups excluding tert-OH is 1. The van der Waals surface area contributed by atoms with Crippen LogP contribution in [-0.4, -0.2) is 15.1 Å². The highest BCUT2D eigenvalue weighted by molar-refractivity contribution is 5.85. The molecule has 0 spiro atoms. The lowest BCUT2D eigenvalue weighted by atomic mass is 9.95. The van der Waals surface area contributed by atoms with Crippen molar-refractivity contribution >= 4 is 10.9 Å². The summed E-state index contributed by atoms with van der Waals surface area (Å²) in [6.45, 7) is -0.0494. The summed E-state index contributed by atoms with van der Waals surface area (Å²) in [7, 11) is 0. The number of aliphatic hydroxyl groups is 1. The number of hydrogen-bond donors (Lipinski definition) is 2. The van der Waals surface area contributed by atoms with Gasteiger partial charge in [0.25, 0.3) is 5.56 Å². The Morgan fingerprint density at radius 2 is 1.44 bits per heavy atom. The summed E-state index contributed by atoms with van der Waals surface area (Å²) in [4.78, 5) is 19.9. The molecular weight excluding hydrogens is 312 g/mol. The van der Waals surface area contributed by atoms with Crippen LogP contribution in [0, 0.1) is 0 Å². The van der Waals surface area contributed by atoms with E-state index in [-0.39, 0.29) is 12.2 Å². The largest absolute Gasteiger partial charge is 0.392 e. The fourth-order valence-corrected chi connectivity index (χ4v) is 3.06. The van der Waals surface area contributed by atoms with Crippen molar-refractivity contribution in [1.29, 1.82) is 0 Å². The quantitative estimate of drug-likeness (QED) is 0.602. The fraction of sp³-hybridized carbons (Fsp3) is 0.0476. The Bertz CT molecular complexity index is 1120. The third kappa shape index (κ3) is 2.73. The van der Waals surface area contributed by atoms with Crippen LogP contribution >= 0.6 is 0 Å². The third-order valence-corrected chi connectivity index (χ3v) is 4.27. The number of para-hydroxylation sites is 1. The van der Waals surface area contributed by atoms with E-state index in [9.17, 15) is 9.90 Å². The minimum Gasteiger partial charge on any atom is -0.392 e. The molecule has 4 aromatic rings. The smallest absolute Gasteiger partial charge is 0.259 e. The van der Waals surface area contributed by atoms with E-state index in [1.165, 1.54) is 0 Å². The molecule has 0 saturated heterocycles. The lowest BCUT2D eigenvalue weighted by Crippen LogP contribution is -2.09. The topological polar surface area (TPSA) is 66.0 Å². The standard InChI is InChI=1S/C21H16N2O2/c24-13-14-7-1-2-8-15(14)16-9-3-4-10-17(16)20-22-19-12-6-5-11-18(19)21(25)23-20/h1-12,24H,13H2,(H,22,23,25). The Balaban J connectivity index is 1.98. The molecule has 0 aliphatic heterocycles. The second-order valence-electron chi connectivity index (χ2n) is 5.79. The summed E-state index contributed by atoms with van der Waals surface area (Å²) in [6, 6.07) is 22.7. The average Bonchev–Trinajstić information content (AvgIpc) is 2.68. The van der Waals surface area contributed by atoms with Crippen LogP contribution in [0.1, 0.15) is 5.56 Å². The van der Waals surface area contributed by atoms with Crippen molar-refractivity contribution in [2.24, 2.45) is 0 Å². The van der Waals surface area contributed by atoms with Gasteiger partial charge in [0.15, 0.2) is 0 Å². The Morgan fingerprint density at radius 1 is 0.800 bits per heavy atom. The molecule has 1 heterocycles. The van der Waals surface area contributed by atoms with E-state index in [1.807, 2.05) is 66.7 Å². The molecule has 2 N–H and O–H groups in total. The lowest BCUT2D eigenvalue weighted by Gasteiger charge is -2.12. The van der Waals surface area contributed by atoms with E-state index in [4.69, 9.17) is 0 Å². The van der Waals surface area contributed by atoms with E-state index < -0.39 is 0 Å². The highest BCUT2D eigenvalue weighted by atomic mass is 16.3. The van der Waals surface area contributed by atoms with E-state index >= 15 is 0 Å². The molecular formula is C21H16N2O2. The SMILES string of the molecule is O=c1[nH]c(-c2ccccc2-c2ccccc2CO)nc2ccccc12. The molecule has 3 aromatic carbocycles. The fourth-order valence-electron chi connectivity index (χ4n) is 3.06. The zero-order valence-corrected chi connectivity index (χ0v) is 13.4. The average molecular weight is 328 g/mol. The van der Waals surface area contributed by atoms with Gasteiger partial charge in [-0.15, -0.1) is 0 Å². The summed E-state index contributed by atoms with van der Waals surface area (Å²) >= 11 is 0. The Labute approximate surface area is 144 Å². The molecule has 4 nitrogen and oxygen atoms in total. The van der Waals surface area contributed by atoms with Gasteiger partial charge < -0.3 is 10.1 Å². The molecule has 0 unspecified atom stereocenters. The van der Waals surface area contributed by atoms with Crippen LogP contribution in [0.5, 0.6) is 0 Å². The molecule has 0 atom stereocenters. The molecule has 122 valence electrons. The second kappa shape index (κ2) is 6.34. The van der Waals surface area contributed by atoms with Gasteiger partial charge in [-0.3, -0.25) is 4.79 Å². The molecule has 1 aromatic heterocycles. The van der Waals surface area contributed by atoms with Gasteiger partial charge in [0.1, 0.15) is 5.82 Å². The first-order valence-corrected chi connectivity index (χ1v) is 8.05. The minimum atomic E-state index is -0.161. The molecule has 0 aliphatic rings. The number of benzene rings is 3. The monoisotopic (exact) mass is 328 g/mol. The number of H-pyrrole nitrogens is 1. The maximum Gasteiger partial charge on any atom is 0.259 e. The molecule has 4 heteroatoms. The van der Waals surface area contributed by atoms with Crippen LogP contribution in [0.2, 0.25) is 0 Å². The summed E-state index contributed by atoms with van der Waals surface area (Å²) in [6.07, 6.45) is 0. The number of nitrogens with zero attached hydrogens (tertiary/aromatic N) is 1. The maximum atomic E-state index is 12.4. The van der Waals surface area contributed by atoms with Gasteiger partial charge in [0.05, 0.1) is 17.5 Å². The van der Waals surface area contributed by atoms with E-state index in [0.29, 0.717) is 16.7 Å². The van der Waals surface area contributed by atoms with Crippen molar-refractivity contribution in [1.82, 2.24) is 9.97 Å². The highest BCUT2D eigenvalue weighted by Gasteiger charge is 2.13. The lowest BCUT2D eigenvalue weighted by molar-refractivity contribution is 0.282. The van der Waals surface area contributed by atoms with Crippen LogP contribution in [0.25, 0.3) is 33.4 Å². The van der Waals surface area contributed by atoms with Crippen molar-refractivity contribution in [3.05, 3.63) is 88.7 Å². The molecule has 0 radical (unpaired) electrons. The van der Waals surface area contributed by atoms with Crippen molar-refractivity contribution < 1.29 is 5.11 Å². The summed E-state index contributed by atoms with van der Waals surface area (Å²) < 4.78 is 0. The van der Waals surface area contributed by atoms with Gasteiger partial charge in [-0.1, -0.05) is 60.7 Å². The molecule has 0 bridgehead atoms. The van der Waals surface area contributed by atoms with E-state index in [1.54, 1.807) is 6.07 Å². The maximum absolute atomic E-state index is 12.4. The molecule has 0 saturated carbocycles. The van der Waals surface area contributed by atoms with Crippen molar-refractivity contribution in [3.63, 3.8) is 0 Å². The van der Waals surface area contributed by atoms with Crippen molar-refractivity contribution in [2.75, 3.05) is 0 Å². The Hall–Kier alpha value is -3.24. The van der Waals surface area contributed by atoms with Gasteiger partial charge in [-0.25, -0.2) is 4.98 Å². The Morgan fingerprint density at radius 3 is 2.24 bits per heavy atom. The van der Waals surface area contributed by atoms with Crippen LogP contribution in [0.3, 0.4) is 0 Å². The number of aromatic nitrogens is 2. The number of rotatable bonds is 3. The number of nitrogens with one attached hydrogen (secondary N) is 1. The first-order valence-electron chi connectivity index (χ1n) is 8.05. The van der Waals surface area contributed by atoms with E-state index in [0.717, 1.165) is 22.3 Å². The van der Waals surface area contributed by atoms with Gasteiger partial charge in [0.2, 0.25) is 0 Å². The predicted octanol–water partition coefficient (Wildman–Crippen LogP) is 3.75. The van der Waals surface area contributed by atoms with E-state index in [2.05, 4.69) is 9.97 Å². The zero-order valence-electron chi connectivity index (χ0n) is 13.4. The van der Waals surface area contributed by atoms with Gasteiger partial charge in [0, 0.05) is 5.56 Å². The minimum absolute atomic E-state index is 0.0494. The molecule has 4 rings (SSSR count). The molecule has 0 fully saturated rings.